The summed E-state index contributed by atoms with van der Waals surface area (Å²) in [4.78, 5) is 28.8. The topological polar surface area (TPSA) is 59.1 Å². The van der Waals surface area contributed by atoms with E-state index < -0.39 is 0 Å². The van der Waals surface area contributed by atoms with Crippen LogP contribution in [-0.2, 0) is 9.59 Å². The third-order valence-electron chi connectivity index (χ3n) is 5.30. The van der Waals surface area contributed by atoms with Gasteiger partial charge in [0, 0.05) is 39.0 Å². The largest absolute Gasteiger partial charge is 0.494 e. The first kappa shape index (κ1) is 22.7. The Hall–Kier alpha value is -3.02. The number of nitrogens with zero attached hydrogens (tertiary/aromatic N) is 2. The zero-order chi connectivity index (χ0) is 21.7. The standard InChI is InChI=1S/C25H32N2O4/c28-24(14-7-20-30-22-10-3-1-4-11-22)26-16-9-17-27(19-18-26)25(29)15-8-21-31-23-12-5-2-6-13-23/h1-6,10-13H,7-9,14-21H2. The summed E-state index contributed by atoms with van der Waals surface area (Å²) in [7, 11) is 0. The van der Waals surface area contributed by atoms with E-state index in [4.69, 9.17) is 9.47 Å². The van der Waals surface area contributed by atoms with Crippen LogP contribution in [0.3, 0.4) is 0 Å². The van der Waals surface area contributed by atoms with Crippen LogP contribution in [0, 0.1) is 0 Å². The van der Waals surface area contributed by atoms with Crippen LogP contribution in [-0.4, -0.2) is 61.0 Å². The predicted molar refractivity (Wildman–Crippen MR) is 120 cm³/mol. The van der Waals surface area contributed by atoms with Crippen molar-refractivity contribution in [2.24, 2.45) is 0 Å². The lowest BCUT2D eigenvalue weighted by molar-refractivity contribution is -0.133. The molecule has 0 atom stereocenters. The summed E-state index contributed by atoms with van der Waals surface area (Å²) < 4.78 is 11.3. The monoisotopic (exact) mass is 424 g/mol. The molecule has 6 heteroatoms. The minimum Gasteiger partial charge on any atom is -0.494 e. The van der Waals surface area contributed by atoms with Crippen molar-refractivity contribution in [2.75, 3.05) is 39.4 Å². The van der Waals surface area contributed by atoms with Crippen molar-refractivity contribution >= 4 is 11.8 Å². The minimum atomic E-state index is 0.141. The lowest BCUT2D eigenvalue weighted by Gasteiger charge is -2.22. The highest BCUT2D eigenvalue weighted by molar-refractivity contribution is 5.77. The van der Waals surface area contributed by atoms with E-state index in [1.54, 1.807) is 0 Å². The lowest BCUT2D eigenvalue weighted by Crippen LogP contribution is -2.37. The van der Waals surface area contributed by atoms with Crippen LogP contribution < -0.4 is 9.47 Å². The van der Waals surface area contributed by atoms with Crippen molar-refractivity contribution in [3.63, 3.8) is 0 Å². The van der Waals surface area contributed by atoms with E-state index in [0.717, 1.165) is 17.9 Å². The number of carbonyl (C=O) groups excluding carboxylic acids is 2. The Balaban J connectivity index is 1.30. The molecule has 1 fully saturated rings. The number of benzene rings is 2. The van der Waals surface area contributed by atoms with Gasteiger partial charge in [-0.05, 0) is 43.5 Å². The molecule has 0 saturated carbocycles. The summed E-state index contributed by atoms with van der Waals surface area (Å²) >= 11 is 0. The first-order chi connectivity index (χ1) is 15.2. The van der Waals surface area contributed by atoms with Gasteiger partial charge in [-0.1, -0.05) is 36.4 Å². The molecule has 6 nitrogen and oxygen atoms in total. The highest BCUT2D eigenvalue weighted by Crippen LogP contribution is 2.12. The van der Waals surface area contributed by atoms with Crippen molar-refractivity contribution in [3.8, 4) is 11.5 Å². The van der Waals surface area contributed by atoms with Crippen LogP contribution >= 0.6 is 0 Å². The Labute approximate surface area is 184 Å². The van der Waals surface area contributed by atoms with Crippen molar-refractivity contribution in [3.05, 3.63) is 60.7 Å². The van der Waals surface area contributed by atoms with Gasteiger partial charge in [0.2, 0.25) is 11.8 Å². The van der Waals surface area contributed by atoms with Gasteiger partial charge in [0.15, 0.2) is 0 Å². The van der Waals surface area contributed by atoms with Crippen LogP contribution in [0.2, 0.25) is 0 Å². The van der Waals surface area contributed by atoms with Gasteiger partial charge in [-0.2, -0.15) is 0 Å². The summed E-state index contributed by atoms with van der Waals surface area (Å²) in [5, 5.41) is 0. The van der Waals surface area contributed by atoms with Crippen LogP contribution in [0.4, 0.5) is 0 Å². The van der Waals surface area contributed by atoms with Gasteiger partial charge in [-0.3, -0.25) is 9.59 Å². The fourth-order valence-corrected chi connectivity index (χ4v) is 3.59. The van der Waals surface area contributed by atoms with Crippen LogP contribution in [0.15, 0.2) is 60.7 Å². The van der Waals surface area contributed by atoms with E-state index >= 15 is 0 Å². The number of rotatable bonds is 10. The molecule has 0 bridgehead atoms. The molecule has 1 aliphatic rings. The van der Waals surface area contributed by atoms with E-state index in [1.807, 2.05) is 70.5 Å². The van der Waals surface area contributed by atoms with Crippen LogP contribution in [0.25, 0.3) is 0 Å². The van der Waals surface area contributed by atoms with Crippen LogP contribution in [0.5, 0.6) is 11.5 Å². The Bertz CT molecular complexity index is 730. The molecule has 3 rings (SSSR count). The van der Waals surface area contributed by atoms with E-state index in [1.165, 1.54) is 0 Å². The fourth-order valence-electron chi connectivity index (χ4n) is 3.59. The maximum absolute atomic E-state index is 12.5. The highest BCUT2D eigenvalue weighted by Gasteiger charge is 2.21. The summed E-state index contributed by atoms with van der Waals surface area (Å²) in [6.45, 7) is 3.67. The number of amides is 2. The van der Waals surface area contributed by atoms with E-state index in [9.17, 15) is 9.59 Å². The van der Waals surface area contributed by atoms with Gasteiger partial charge in [-0.15, -0.1) is 0 Å². The zero-order valence-corrected chi connectivity index (χ0v) is 18.1. The summed E-state index contributed by atoms with van der Waals surface area (Å²) in [5.41, 5.74) is 0. The number of ether oxygens (including phenoxy) is 2. The number of para-hydroxylation sites is 2. The maximum atomic E-state index is 12.5. The molecule has 0 radical (unpaired) electrons. The molecule has 31 heavy (non-hydrogen) atoms. The summed E-state index contributed by atoms with van der Waals surface area (Å²) in [5.74, 6) is 1.94. The van der Waals surface area contributed by atoms with Gasteiger partial charge in [0.05, 0.1) is 13.2 Å². The normalized spacial score (nSPS) is 14.1. The molecule has 0 aromatic heterocycles. The molecule has 0 unspecified atom stereocenters. The van der Waals surface area contributed by atoms with Gasteiger partial charge in [0.1, 0.15) is 11.5 Å². The quantitative estimate of drug-likeness (QED) is 0.545. The smallest absolute Gasteiger partial charge is 0.222 e. The Morgan fingerprint density at radius 3 is 1.48 bits per heavy atom. The summed E-state index contributed by atoms with van der Waals surface area (Å²) in [6.07, 6.45) is 3.14. The molecule has 166 valence electrons. The molecular formula is C25H32N2O4. The van der Waals surface area contributed by atoms with Crippen molar-refractivity contribution < 1.29 is 19.1 Å². The summed E-state index contributed by atoms with van der Waals surface area (Å²) in [6, 6.07) is 19.3. The molecule has 1 heterocycles. The van der Waals surface area contributed by atoms with Crippen LogP contribution in [0.1, 0.15) is 32.1 Å². The van der Waals surface area contributed by atoms with Crippen molar-refractivity contribution in [2.45, 2.75) is 32.1 Å². The minimum absolute atomic E-state index is 0.141. The van der Waals surface area contributed by atoms with Gasteiger partial charge >= 0.3 is 0 Å². The molecule has 0 spiro atoms. The molecule has 0 aliphatic carbocycles. The van der Waals surface area contributed by atoms with Gasteiger partial charge in [-0.25, -0.2) is 0 Å². The average molecular weight is 425 g/mol. The van der Waals surface area contributed by atoms with Gasteiger partial charge in [0.25, 0.3) is 0 Å². The SMILES string of the molecule is O=C(CCCOc1ccccc1)N1CCCN(C(=O)CCCOc2ccccc2)CC1. The van der Waals surface area contributed by atoms with E-state index in [0.29, 0.717) is 65.1 Å². The Kier molecular flexibility index (Phi) is 9.23. The first-order valence-corrected chi connectivity index (χ1v) is 11.1. The Morgan fingerprint density at radius 2 is 1.06 bits per heavy atom. The van der Waals surface area contributed by atoms with E-state index in [-0.39, 0.29) is 11.8 Å². The van der Waals surface area contributed by atoms with Gasteiger partial charge < -0.3 is 19.3 Å². The number of hydrogen-bond acceptors (Lipinski definition) is 4. The molecule has 2 amide bonds. The lowest BCUT2D eigenvalue weighted by atomic mass is 10.2. The predicted octanol–water partition coefficient (Wildman–Crippen LogP) is 3.77. The average Bonchev–Trinajstić information content (AvgIpc) is 3.07. The zero-order valence-electron chi connectivity index (χ0n) is 18.1. The first-order valence-electron chi connectivity index (χ1n) is 11.1. The molecule has 0 N–H and O–H groups in total. The Morgan fingerprint density at radius 1 is 0.645 bits per heavy atom. The molecule has 1 saturated heterocycles. The third-order valence-corrected chi connectivity index (χ3v) is 5.30. The highest BCUT2D eigenvalue weighted by atomic mass is 16.5. The van der Waals surface area contributed by atoms with E-state index in [2.05, 4.69) is 0 Å². The van der Waals surface area contributed by atoms with Crippen molar-refractivity contribution in [1.29, 1.82) is 0 Å². The second-order valence-electron chi connectivity index (χ2n) is 7.65. The molecule has 2 aromatic carbocycles. The number of hydrogen-bond donors (Lipinski definition) is 0. The molecule has 1 aliphatic heterocycles. The number of carbonyl (C=O) groups is 2. The molecule has 2 aromatic rings. The fraction of sp³-hybridized carbons (Fsp3) is 0.440. The third kappa shape index (κ3) is 7.96. The maximum Gasteiger partial charge on any atom is 0.222 e. The second kappa shape index (κ2) is 12.6. The second-order valence-corrected chi connectivity index (χ2v) is 7.65. The van der Waals surface area contributed by atoms with Crippen molar-refractivity contribution in [1.82, 2.24) is 9.80 Å². The molecular weight excluding hydrogens is 392 g/mol.